The summed E-state index contributed by atoms with van der Waals surface area (Å²) in [6.45, 7) is 0. The Hall–Kier alpha value is -3.52. The average molecular weight is 409 g/mol. The second-order valence-corrected chi connectivity index (χ2v) is 7.96. The number of para-hydroxylation sites is 2. The van der Waals surface area contributed by atoms with E-state index in [-0.39, 0.29) is 10.6 Å². The molecule has 0 fully saturated rings. The minimum Gasteiger partial charge on any atom is -0.497 e. The molecule has 2 N–H and O–H groups in total. The number of hydrogen-bond donors (Lipinski definition) is 2. The van der Waals surface area contributed by atoms with E-state index in [1.165, 1.54) is 20.3 Å². The van der Waals surface area contributed by atoms with Gasteiger partial charge >= 0.3 is 0 Å². The molecule has 1 heterocycles. The summed E-state index contributed by atoms with van der Waals surface area (Å²) in [4.78, 5) is 7.80. The van der Waals surface area contributed by atoms with Crippen molar-refractivity contribution in [2.75, 3.05) is 18.9 Å². The number of hydrogen-bond acceptors (Lipinski definition) is 5. The molecule has 0 bridgehead atoms. The normalized spacial score (nSPS) is 11.4. The van der Waals surface area contributed by atoms with Gasteiger partial charge in [0.05, 0.1) is 25.3 Å². The van der Waals surface area contributed by atoms with Crippen LogP contribution in [0.15, 0.2) is 71.6 Å². The molecular weight excluding hydrogens is 390 g/mol. The molecule has 4 aromatic rings. The van der Waals surface area contributed by atoms with Gasteiger partial charge in [-0.2, -0.15) is 0 Å². The molecule has 0 amide bonds. The van der Waals surface area contributed by atoms with Crippen molar-refractivity contribution in [1.82, 2.24) is 9.97 Å². The van der Waals surface area contributed by atoms with E-state index >= 15 is 0 Å². The summed E-state index contributed by atoms with van der Waals surface area (Å²) in [7, 11) is -1.00. The number of benzene rings is 3. The Kier molecular flexibility index (Phi) is 4.85. The van der Waals surface area contributed by atoms with Crippen molar-refractivity contribution in [2.24, 2.45) is 0 Å². The maximum absolute atomic E-state index is 13.0. The minimum atomic E-state index is -3.90. The summed E-state index contributed by atoms with van der Waals surface area (Å²) >= 11 is 0. The van der Waals surface area contributed by atoms with Gasteiger partial charge in [0.15, 0.2) is 0 Å². The third-order valence-electron chi connectivity index (χ3n) is 4.44. The van der Waals surface area contributed by atoms with Crippen LogP contribution in [0.1, 0.15) is 0 Å². The summed E-state index contributed by atoms with van der Waals surface area (Å²) < 4.78 is 38.9. The molecule has 0 radical (unpaired) electrons. The highest BCUT2D eigenvalue weighted by atomic mass is 32.2. The quantitative estimate of drug-likeness (QED) is 0.501. The third kappa shape index (κ3) is 3.74. The zero-order valence-corrected chi connectivity index (χ0v) is 16.7. The summed E-state index contributed by atoms with van der Waals surface area (Å²) in [5.41, 5.74) is 2.93. The number of anilines is 1. The lowest BCUT2D eigenvalue weighted by Gasteiger charge is -2.13. The number of ether oxygens (including phenoxy) is 2. The van der Waals surface area contributed by atoms with E-state index in [0.29, 0.717) is 17.3 Å². The zero-order chi connectivity index (χ0) is 20.4. The number of nitrogens with zero attached hydrogens (tertiary/aromatic N) is 1. The number of rotatable bonds is 6. The van der Waals surface area contributed by atoms with E-state index in [9.17, 15) is 8.42 Å². The first-order chi connectivity index (χ1) is 14.0. The Labute approximate surface area is 168 Å². The molecule has 8 heteroatoms. The van der Waals surface area contributed by atoms with Crippen molar-refractivity contribution in [3.63, 3.8) is 0 Å². The van der Waals surface area contributed by atoms with Crippen molar-refractivity contribution >= 4 is 26.7 Å². The molecule has 7 nitrogen and oxygen atoms in total. The first-order valence-corrected chi connectivity index (χ1v) is 10.3. The Morgan fingerprint density at radius 2 is 1.76 bits per heavy atom. The molecule has 0 aliphatic heterocycles. The number of imidazole rings is 1. The Morgan fingerprint density at radius 1 is 0.931 bits per heavy atom. The highest BCUT2D eigenvalue weighted by Gasteiger charge is 2.21. The summed E-state index contributed by atoms with van der Waals surface area (Å²) in [6.07, 6.45) is 0. The van der Waals surface area contributed by atoms with Crippen molar-refractivity contribution in [1.29, 1.82) is 0 Å². The van der Waals surface area contributed by atoms with Crippen LogP contribution in [-0.4, -0.2) is 32.6 Å². The third-order valence-corrected chi connectivity index (χ3v) is 5.84. The molecule has 0 atom stereocenters. The van der Waals surface area contributed by atoms with Crippen LogP contribution in [0.2, 0.25) is 0 Å². The standard InChI is InChI=1S/C21H19N3O4S/c1-27-16-10-11-19(28-2)20(13-16)29(25,26)24-15-7-5-6-14(12-15)21-22-17-8-3-4-9-18(17)23-21/h3-13,24H,1-2H3,(H,22,23). The van der Waals surface area contributed by atoms with Crippen LogP contribution < -0.4 is 14.2 Å². The summed E-state index contributed by atoms with van der Waals surface area (Å²) in [5.74, 6) is 1.31. The number of aromatic amines is 1. The van der Waals surface area contributed by atoms with Crippen LogP contribution in [0, 0.1) is 0 Å². The number of H-pyrrole nitrogens is 1. The molecule has 0 unspecified atom stereocenters. The van der Waals surface area contributed by atoms with Crippen molar-refractivity contribution in [3.8, 4) is 22.9 Å². The smallest absolute Gasteiger partial charge is 0.265 e. The Bertz CT molecular complexity index is 1250. The van der Waals surface area contributed by atoms with Crippen molar-refractivity contribution < 1.29 is 17.9 Å². The molecule has 29 heavy (non-hydrogen) atoms. The van der Waals surface area contributed by atoms with E-state index in [1.807, 2.05) is 30.3 Å². The van der Waals surface area contributed by atoms with Gasteiger partial charge in [-0.3, -0.25) is 4.72 Å². The van der Waals surface area contributed by atoms with Gasteiger partial charge in [-0.05, 0) is 36.4 Å². The fraction of sp³-hybridized carbons (Fsp3) is 0.0952. The fourth-order valence-electron chi connectivity index (χ4n) is 3.02. The molecule has 0 aliphatic rings. The van der Waals surface area contributed by atoms with E-state index in [2.05, 4.69) is 14.7 Å². The highest BCUT2D eigenvalue weighted by molar-refractivity contribution is 7.92. The Balaban J connectivity index is 1.69. The van der Waals surface area contributed by atoms with E-state index in [1.54, 1.807) is 30.3 Å². The van der Waals surface area contributed by atoms with Crippen LogP contribution in [0.3, 0.4) is 0 Å². The minimum absolute atomic E-state index is 0.00603. The summed E-state index contributed by atoms with van der Waals surface area (Å²) in [5, 5.41) is 0. The molecule has 0 saturated heterocycles. The predicted molar refractivity (Wildman–Crippen MR) is 112 cm³/mol. The second-order valence-electron chi connectivity index (χ2n) is 6.31. The molecule has 0 saturated carbocycles. The lowest BCUT2D eigenvalue weighted by molar-refractivity contribution is 0.392. The van der Waals surface area contributed by atoms with Gasteiger partial charge in [-0.15, -0.1) is 0 Å². The van der Waals surface area contributed by atoms with Gasteiger partial charge in [-0.1, -0.05) is 24.3 Å². The maximum atomic E-state index is 13.0. The van der Waals surface area contributed by atoms with E-state index in [4.69, 9.17) is 9.47 Å². The SMILES string of the molecule is COc1ccc(OC)c(S(=O)(=O)Nc2cccc(-c3nc4ccccc4[nH]3)c2)c1. The van der Waals surface area contributed by atoms with Crippen LogP contribution >= 0.6 is 0 Å². The van der Waals surface area contributed by atoms with Gasteiger partial charge in [-0.25, -0.2) is 13.4 Å². The zero-order valence-electron chi connectivity index (χ0n) is 15.8. The first kappa shape index (κ1) is 18.8. The van der Waals surface area contributed by atoms with Gasteiger partial charge in [0.25, 0.3) is 10.0 Å². The average Bonchev–Trinajstić information content (AvgIpc) is 3.17. The largest absolute Gasteiger partial charge is 0.497 e. The van der Waals surface area contributed by atoms with E-state index in [0.717, 1.165) is 16.6 Å². The molecule has 4 rings (SSSR count). The predicted octanol–water partition coefficient (Wildman–Crippen LogP) is 4.05. The lowest BCUT2D eigenvalue weighted by atomic mass is 10.2. The van der Waals surface area contributed by atoms with Crippen molar-refractivity contribution in [2.45, 2.75) is 4.90 Å². The van der Waals surface area contributed by atoms with Crippen LogP contribution in [0.5, 0.6) is 11.5 Å². The monoisotopic (exact) mass is 409 g/mol. The van der Waals surface area contributed by atoms with Crippen LogP contribution in [0.4, 0.5) is 5.69 Å². The molecule has 148 valence electrons. The highest BCUT2D eigenvalue weighted by Crippen LogP contribution is 2.30. The number of methoxy groups -OCH3 is 2. The second kappa shape index (κ2) is 7.48. The number of nitrogens with one attached hydrogen (secondary N) is 2. The Morgan fingerprint density at radius 3 is 2.52 bits per heavy atom. The van der Waals surface area contributed by atoms with Crippen LogP contribution in [0.25, 0.3) is 22.4 Å². The number of fused-ring (bicyclic) bond motifs is 1. The first-order valence-electron chi connectivity index (χ1n) is 8.80. The fourth-order valence-corrected chi connectivity index (χ4v) is 4.26. The lowest BCUT2D eigenvalue weighted by Crippen LogP contribution is -2.14. The molecule has 1 aromatic heterocycles. The summed E-state index contributed by atoms with van der Waals surface area (Å²) in [6, 6.07) is 19.3. The topological polar surface area (TPSA) is 93.3 Å². The van der Waals surface area contributed by atoms with E-state index < -0.39 is 10.0 Å². The maximum Gasteiger partial charge on any atom is 0.265 e. The number of aromatic nitrogens is 2. The molecular formula is C21H19N3O4S. The molecule has 3 aromatic carbocycles. The van der Waals surface area contributed by atoms with Gasteiger partial charge < -0.3 is 14.5 Å². The van der Waals surface area contributed by atoms with Crippen LogP contribution in [-0.2, 0) is 10.0 Å². The number of sulfonamides is 1. The van der Waals surface area contributed by atoms with Gasteiger partial charge in [0.1, 0.15) is 22.2 Å². The van der Waals surface area contributed by atoms with Crippen molar-refractivity contribution in [3.05, 3.63) is 66.7 Å². The molecule has 0 aliphatic carbocycles. The van der Waals surface area contributed by atoms with Gasteiger partial charge in [0.2, 0.25) is 0 Å². The van der Waals surface area contributed by atoms with Gasteiger partial charge in [0, 0.05) is 17.3 Å². The molecule has 0 spiro atoms.